The molecule has 0 amide bonds. The van der Waals surface area contributed by atoms with E-state index >= 15 is 0 Å². The third-order valence-electron chi connectivity index (χ3n) is 3.41. The van der Waals surface area contributed by atoms with Crippen molar-refractivity contribution < 1.29 is 56.4 Å². The molecule has 0 fully saturated rings. The van der Waals surface area contributed by atoms with Crippen molar-refractivity contribution in [2.45, 2.75) is 53.8 Å². The molecule has 2 unspecified atom stereocenters. The fourth-order valence-electron chi connectivity index (χ4n) is 1.77. The summed E-state index contributed by atoms with van der Waals surface area (Å²) in [6.07, 6.45) is -2.25. The first kappa shape index (κ1) is 29.9. The van der Waals surface area contributed by atoms with Gasteiger partial charge in [0.05, 0.1) is 25.0 Å². The first-order chi connectivity index (χ1) is 14.8. The molecule has 0 aliphatic carbocycles. The number of carbonyl (C=O) groups is 4. The van der Waals surface area contributed by atoms with Crippen LogP contribution in [0.15, 0.2) is 0 Å². The lowest BCUT2D eigenvalue weighted by Crippen LogP contribution is -2.32. The molecule has 2 N–H and O–H groups in total. The number of phosphoric ester groups is 1. The Bertz CT molecular complexity index is 681. The van der Waals surface area contributed by atoms with Gasteiger partial charge in [-0.1, -0.05) is 27.7 Å². The lowest BCUT2D eigenvalue weighted by atomic mass is 10.2. The molecule has 0 spiro atoms. The Morgan fingerprint density at radius 1 is 0.719 bits per heavy atom. The van der Waals surface area contributed by atoms with Gasteiger partial charge >= 0.3 is 31.7 Å². The average Bonchev–Trinajstić information content (AvgIpc) is 2.70. The molecule has 0 aliphatic rings. The van der Waals surface area contributed by atoms with E-state index in [9.17, 15) is 23.7 Å². The highest BCUT2D eigenvalue weighted by molar-refractivity contribution is 7.48. The van der Waals surface area contributed by atoms with Crippen molar-refractivity contribution in [1.29, 1.82) is 0 Å². The minimum atomic E-state index is -4.42. The van der Waals surface area contributed by atoms with Gasteiger partial charge in [-0.05, 0) is 0 Å². The van der Waals surface area contributed by atoms with Gasteiger partial charge in [0, 0.05) is 13.8 Å². The normalized spacial score (nSPS) is 14.9. The molecular formula is C18H32NO12P. The maximum absolute atomic E-state index is 12.6. The standard InChI is InChI=1S/C18H32NO12P/c1-11(2)17(22)26-8-16(30-18(23)12(3)4)10-28-32(24,31-19)27-9-15(29-14(6)21)7-25-13(5)20/h11-12,15-16H,7-10,19H2,1-6H3/t15-,16?,32?/m1/s1. The molecule has 0 rings (SSSR count). The number of carbonyl (C=O) groups excluding carboxylic acids is 4. The van der Waals surface area contributed by atoms with Gasteiger partial charge in [-0.15, -0.1) is 0 Å². The third-order valence-corrected chi connectivity index (χ3v) is 4.60. The fraction of sp³-hybridized carbons (Fsp3) is 0.778. The molecule has 0 saturated carbocycles. The number of phosphoric acid groups is 1. The van der Waals surface area contributed by atoms with E-state index in [0.717, 1.165) is 13.8 Å². The van der Waals surface area contributed by atoms with Crippen molar-refractivity contribution in [2.75, 3.05) is 26.4 Å². The molecule has 3 atom stereocenters. The molecule has 0 saturated heterocycles. The fourth-order valence-corrected chi connectivity index (χ4v) is 2.66. The second-order valence-electron chi connectivity index (χ2n) is 7.18. The van der Waals surface area contributed by atoms with E-state index in [-0.39, 0.29) is 13.2 Å². The predicted molar refractivity (Wildman–Crippen MR) is 107 cm³/mol. The van der Waals surface area contributed by atoms with Crippen LogP contribution in [0.5, 0.6) is 0 Å². The summed E-state index contributed by atoms with van der Waals surface area (Å²) in [5.41, 5.74) is 0. The summed E-state index contributed by atoms with van der Waals surface area (Å²) in [6, 6.07) is 0. The van der Waals surface area contributed by atoms with Crippen molar-refractivity contribution in [2.24, 2.45) is 17.7 Å². The first-order valence-corrected chi connectivity index (χ1v) is 11.2. The van der Waals surface area contributed by atoms with Crippen LogP contribution < -0.4 is 5.90 Å². The van der Waals surface area contributed by atoms with Crippen molar-refractivity contribution in [3.63, 3.8) is 0 Å². The number of hydrogen-bond donors (Lipinski definition) is 1. The molecule has 0 aliphatic heterocycles. The van der Waals surface area contributed by atoms with Gasteiger partial charge in [0.1, 0.15) is 13.2 Å². The Kier molecular flexibility index (Phi) is 14.0. The monoisotopic (exact) mass is 485 g/mol. The molecule has 13 nitrogen and oxygen atoms in total. The van der Waals surface area contributed by atoms with E-state index in [0.29, 0.717) is 0 Å². The molecule has 186 valence electrons. The number of ether oxygens (including phenoxy) is 4. The molecule has 0 aromatic heterocycles. The Balaban J connectivity index is 5.08. The smallest absolute Gasteiger partial charge is 0.462 e. The number of hydrogen-bond acceptors (Lipinski definition) is 13. The highest BCUT2D eigenvalue weighted by Crippen LogP contribution is 2.48. The maximum atomic E-state index is 12.6. The topological polar surface area (TPSA) is 176 Å². The zero-order valence-corrected chi connectivity index (χ0v) is 20.0. The molecule has 0 aromatic rings. The molecule has 0 aromatic carbocycles. The summed E-state index contributed by atoms with van der Waals surface area (Å²) in [6.45, 7) is 6.82. The summed E-state index contributed by atoms with van der Waals surface area (Å²) in [4.78, 5) is 45.7. The lowest BCUT2D eigenvalue weighted by molar-refractivity contribution is -0.165. The van der Waals surface area contributed by atoms with Crippen LogP contribution in [0.2, 0.25) is 0 Å². The van der Waals surface area contributed by atoms with E-state index in [1.165, 1.54) is 0 Å². The molecule has 32 heavy (non-hydrogen) atoms. The second kappa shape index (κ2) is 14.9. The largest absolute Gasteiger partial charge is 0.491 e. The Morgan fingerprint density at radius 2 is 1.19 bits per heavy atom. The molecular weight excluding hydrogens is 453 g/mol. The number of esters is 4. The Labute approximate surface area is 186 Å². The zero-order valence-electron chi connectivity index (χ0n) is 19.1. The summed E-state index contributed by atoms with van der Waals surface area (Å²) >= 11 is 0. The quantitative estimate of drug-likeness (QED) is 0.152. The van der Waals surface area contributed by atoms with Gasteiger partial charge in [0.15, 0.2) is 12.2 Å². The molecule has 0 bridgehead atoms. The van der Waals surface area contributed by atoms with Crippen LogP contribution in [-0.2, 0) is 56.4 Å². The Hall–Kier alpha value is -2.05. The Morgan fingerprint density at radius 3 is 1.59 bits per heavy atom. The van der Waals surface area contributed by atoms with Gasteiger partial charge in [0.25, 0.3) is 0 Å². The van der Waals surface area contributed by atoms with E-state index in [4.69, 9.17) is 33.9 Å². The highest BCUT2D eigenvalue weighted by atomic mass is 31.2. The van der Waals surface area contributed by atoms with Crippen molar-refractivity contribution in [3.05, 3.63) is 0 Å². The van der Waals surface area contributed by atoms with E-state index in [2.05, 4.69) is 4.62 Å². The second-order valence-corrected chi connectivity index (χ2v) is 8.80. The van der Waals surface area contributed by atoms with Crippen LogP contribution in [0.4, 0.5) is 0 Å². The van der Waals surface area contributed by atoms with Crippen LogP contribution in [0.25, 0.3) is 0 Å². The summed E-state index contributed by atoms with van der Waals surface area (Å²) in [7, 11) is -4.42. The number of nitrogens with two attached hydrogens (primary N) is 1. The lowest BCUT2D eigenvalue weighted by Gasteiger charge is -2.23. The van der Waals surface area contributed by atoms with Gasteiger partial charge in [-0.2, -0.15) is 0 Å². The minimum Gasteiger partial charge on any atom is -0.462 e. The summed E-state index contributed by atoms with van der Waals surface area (Å²) < 4.78 is 46.8. The van der Waals surface area contributed by atoms with Crippen molar-refractivity contribution in [1.82, 2.24) is 0 Å². The minimum absolute atomic E-state index is 0.372. The molecule has 0 heterocycles. The van der Waals surface area contributed by atoms with E-state index in [1.54, 1.807) is 27.7 Å². The third kappa shape index (κ3) is 13.4. The van der Waals surface area contributed by atoms with Crippen LogP contribution in [0.1, 0.15) is 41.5 Å². The van der Waals surface area contributed by atoms with Crippen LogP contribution in [0.3, 0.4) is 0 Å². The highest BCUT2D eigenvalue weighted by Gasteiger charge is 2.32. The van der Waals surface area contributed by atoms with Gasteiger partial charge in [-0.25, -0.2) is 15.1 Å². The number of rotatable bonds is 15. The first-order valence-electron chi connectivity index (χ1n) is 9.74. The molecule has 14 heteroatoms. The molecule has 0 radical (unpaired) electrons. The van der Waals surface area contributed by atoms with Gasteiger partial charge in [-0.3, -0.25) is 28.2 Å². The average molecular weight is 485 g/mol. The zero-order chi connectivity index (χ0) is 24.9. The predicted octanol–water partition coefficient (Wildman–Crippen LogP) is 1.28. The summed E-state index contributed by atoms with van der Waals surface area (Å²) in [5.74, 6) is 1.61. The SMILES string of the molecule is CC(=O)OC[C@H](COP(=O)(ON)OCC(COC(=O)C(C)C)OC(=O)C(C)C)OC(C)=O. The van der Waals surface area contributed by atoms with Gasteiger partial charge in [0.2, 0.25) is 0 Å². The summed E-state index contributed by atoms with van der Waals surface area (Å²) in [5, 5.41) is 0. The van der Waals surface area contributed by atoms with Crippen LogP contribution >= 0.6 is 7.82 Å². The maximum Gasteiger partial charge on any atom is 0.491 e. The van der Waals surface area contributed by atoms with Crippen LogP contribution in [0, 0.1) is 11.8 Å². The van der Waals surface area contributed by atoms with E-state index in [1.807, 2.05) is 0 Å². The van der Waals surface area contributed by atoms with Crippen molar-refractivity contribution in [3.8, 4) is 0 Å². The van der Waals surface area contributed by atoms with Crippen molar-refractivity contribution >= 4 is 31.7 Å². The van der Waals surface area contributed by atoms with Gasteiger partial charge < -0.3 is 18.9 Å². The van der Waals surface area contributed by atoms with Crippen LogP contribution in [-0.4, -0.2) is 62.5 Å². The van der Waals surface area contributed by atoms with E-state index < -0.39 is 69.0 Å².